The largest absolute Gasteiger partial charge is 0.488 e. The molecule has 4 aromatic rings. The summed E-state index contributed by atoms with van der Waals surface area (Å²) in [5.74, 6) is -0.797. The molecule has 15 nitrogen and oxygen atoms in total. The fourth-order valence-corrected chi connectivity index (χ4v) is 6.53. The first-order valence-corrected chi connectivity index (χ1v) is 20.8. The standard InChI is InChI=1S/C47H58N9O6/c1-31(2)23-39(45(60)50-26-34-15-19-36(20-16-34)41-30-56(55-54-41)29-35-13-9-10-14-35)53-46(61)40(25-32-11-7-6-8-12-32)52-43(58)28-49-42(57)27-51-44(59)38(48)24-33-17-21-37(22-18-33)62-47(3,4)5/h6-22,30-31,38-40H,23-29,48H2,1-5H3,(H,49,57)(H,50,60)(H,51,59)(H,52,58)(H,53,61)/t38-,39-,40-/m0/s1. The average Bonchev–Trinajstić information content (AvgIpc) is 3.94. The van der Waals surface area contributed by atoms with Gasteiger partial charge >= 0.3 is 0 Å². The van der Waals surface area contributed by atoms with Crippen LogP contribution in [0.25, 0.3) is 11.3 Å². The second-order valence-corrected chi connectivity index (χ2v) is 16.7. The highest BCUT2D eigenvalue weighted by Crippen LogP contribution is 2.25. The lowest BCUT2D eigenvalue weighted by Gasteiger charge is -2.24. The number of hydrogen-bond donors (Lipinski definition) is 6. The molecular weight excluding hydrogens is 787 g/mol. The Kier molecular flexibility index (Phi) is 17.2. The first kappa shape index (κ1) is 47.0. The van der Waals surface area contributed by atoms with Gasteiger partial charge in [0.2, 0.25) is 29.5 Å². The summed E-state index contributed by atoms with van der Waals surface area (Å²) in [6.45, 7) is 9.75. The molecule has 1 aliphatic carbocycles. The van der Waals surface area contributed by atoms with Crippen LogP contribution >= 0.6 is 0 Å². The summed E-state index contributed by atoms with van der Waals surface area (Å²) >= 11 is 0. The quantitative estimate of drug-likeness (QED) is 0.0727. The zero-order valence-corrected chi connectivity index (χ0v) is 36.0. The van der Waals surface area contributed by atoms with Crippen LogP contribution in [-0.4, -0.2) is 81.3 Å². The fourth-order valence-electron chi connectivity index (χ4n) is 6.53. The number of nitrogens with zero attached hydrogens (tertiary/aromatic N) is 3. The van der Waals surface area contributed by atoms with Crippen LogP contribution < -0.4 is 37.1 Å². The van der Waals surface area contributed by atoms with Gasteiger partial charge < -0.3 is 37.1 Å². The molecule has 0 bridgehead atoms. The minimum absolute atomic E-state index is 0.0605. The molecule has 5 rings (SSSR count). The fraction of sp³-hybridized carbons (Fsp3) is 0.362. The third-order valence-electron chi connectivity index (χ3n) is 9.61. The van der Waals surface area contributed by atoms with Gasteiger partial charge in [0, 0.05) is 31.0 Å². The third-order valence-corrected chi connectivity index (χ3v) is 9.61. The van der Waals surface area contributed by atoms with Gasteiger partial charge in [-0.1, -0.05) is 85.8 Å². The van der Waals surface area contributed by atoms with Crippen LogP contribution in [0, 0.1) is 37.5 Å². The van der Waals surface area contributed by atoms with Crippen molar-refractivity contribution in [3.05, 3.63) is 133 Å². The van der Waals surface area contributed by atoms with E-state index < -0.39 is 54.8 Å². The second kappa shape index (κ2) is 22.7. The summed E-state index contributed by atoms with van der Waals surface area (Å²) < 4.78 is 7.61. The van der Waals surface area contributed by atoms with Gasteiger partial charge in [-0.05, 0) is 94.0 Å². The lowest BCUT2D eigenvalue weighted by Crippen LogP contribution is -2.55. The Labute approximate surface area is 364 Å². The minimum atomic E-state index is -1.06. The maximum Gasteiger partial charge on any atom is 0.243 e. The van der Waals surface area contributed by atoms with Crippen molar-refractivity contribution in [2.75, 3.05) is 13.1 Å². The van der Waals surface area contributed by atoms with Gasteiger partial charge in [-0.15, -0.1) is 5.10 Å². The summed E-state index contributed by atoms with van der Waals surface area (Å²) in [5.41, 5.74) is 9.83. The van der Waals surface area contributed by atoms with E-state index in [1.165, 1.54) is 0 Å². The second-order valence-electron chi connectivity index (χ2n) is 16.7. The summed E-state index contributed by atoms with van der Waals surface area (Å²) in [6.07, 6.45) is 10.7. The number of nitrogens with one attached hydrogen (secondary N) is 5. The molecule has 3 aromatic carbocycles. The number of carbonyl (C=O) groups is 5. The van der Waals surface area contributed by atoms with Gasteiger partial charge in [-0.25, -0.2) is 0 Å². The lowest BCUT2D eigenvalue weighted by molar-refractivity contribution is -0.132. The molecule has 0 aliphatic heterocycles. The first-order chi connectivity index (χ1) is 29.6. The molecule has 1 heterocycles. The molecule has 5 radical (unpaired) electrons. The number of nitrogens with two attached hydrogens (primary N) is 1. The average molecular weight is 845 g/mol. The van der Waals surface area contributed by atoms with Crippen LogP contribution in [-0.2, 0) is 49.9 Å². The Hall–Kier alpha value is -6.09. The Balaban J connectivity index is 1.10. The molecule has 3 atom stereocenters. The van der Waals surface area contributed by atoms with E-state index in [2.05, 4.69) is 36.9 Å². The van der Waals surface area contributed by atoms with Gasteiger partial charge in [-0.2, -0.15) is 0 Å². The van der Waals surface area contributed by atoms with Crippen LogP contribution in [0.3, 0.4) is 0 Å². The van der Waals surface area contributed by atoms with E-state index in [4.69, 9.17) is 10.5 Å². The van der Waals surface area contributed by atoms with Crippen molar-refractivity contribution in [2.24, 2.45) is 11.7 Å². The number of hydrogen-bond acceptors (Lipinski definition) is 9. The first-order valence-electron chi connectivity index (χ1n) is 20.8. The van der Waals surface area contributed by atoms with E-state index >= 15 is 0 Å². The Morgan fingerprint density at radius 3 is 2.02 bits per heavy atom. The highest BCUT2D eigenvalue weighted by atomic mass is 16.5. The predicted molar refractivity (Wildman–Crippen MR) is 236 cm³/mol. The maximum atomic E-state index is 13.8. The normalized spacial score (nSPS) is 14.4. The summed E-state index contributed by atoms with van der Waals surface area (Å²) in [5, 5.41) is 22.0. The predicted octanol–water partition coefficient (Wildman–Crippen LogP) is 3.20. The van der Waals surface area contributed by atoms with E-state index in [-0.39, 0.29) is 36.8 Å². The lowest BCUT2D eigenvalue weighted by atomic mass is 10.0. The third kappa shape index (κ3) is 15.7. The highest BCUT2D eigenvalue weighted by Gasteiger charge is 2.28. The zero-order valence-electron chi connectivity index (χ0n) is 36.0. The molecule has 62 heavy (non-hydrogen) atoms. The van der Waals surface area contributed by atoms with Gasteiger partial charge in [-0.3, -0.25) is 28.7 Å². The number of carbonyl (C=O) groups excluding carboxylic acids is 5. The van der Waals surface area contributed by atoms with Crippen LogP contribution in [0.5, 0.6) is 5.75 Å². The number of rotatable bonds is 21. The molecule has 0 unspecified atom stereocenters. The van der Waals surface area contributed by atoms with Crippen LogP contribution in [0.1, 0.15) is 57.7 Å². The molecule has 0 saturated heterocycles. The topological polar surface area (TPSA) is 211 Å². The number of ether oxygens (including phenoxy) is 1. The molecular formula is C47H58N9O6. The van der Waals surface area contributed by atoms with Crippen molar-refractivity contribution < 1.29 is 28.7 Å². The Morgan fingerprint density at radius 1 is 0.710 bits per heavy atom. The zero-order chi connectivity index (χ0) is 44.6. The van der Waals surface area contributed by atoms with Crippen molar-refractivity contribution >= 4 is 29.5 Å². The molecule has 327 valence electrons. The van der Waals surface area contributed by atoms with Gasteiger partial charge in [0.15, 0.2) is 0 Å². The smallest absolute Gasteiger partial charge is 0.243 e. The molecule has 1 aromatic heterocycles. The number of aromatic nitrogens is 3. The molecule has 0 spiro atoms. The number of amides is 5. The van der Waals surface area contributed by atoms with E-state index in [0.29, 0.717) is 18.7 Å². The molecule has 1 aliphatic rings. The van der Waals surface area contributed by atoms with E-state index in [1.54, 1.807) is 4.68 Å². The van der Waals surface area contributed by atoms with E-state index in [9.17, 15) is 24.0 Å². The van der Waals surface area contributed by atoms with Crippen molar-refractivity contribution in [1.82, 2.24) is 41.6 Å². The van der Waals surface area contributed by atoms with Gasteiger partial charge in [0.25, 0.3) is 0 Å². The SMILES string of the molecule is CC(C)C[C@H](NC(=O)[C@H](Cc1ccccc1)NC(=O)CNC(=O)CNC(=O)[C@@H](N)Cc1ccc(OC(C)(C)C)cc1)C(=O)NCc1ccc(-c2cn(C[C]3[CH][CH][CH][CH]3)nn2)cc1. The minimum Gasteiger partial charge on any atom is -0.488 e. The molecule has 1 saturated carbocycles. The molecule has 7 N–H and O–H groups in total. The van der Waals surface area contributed by atoms with Crippen molar-refractivity contribution in [3.8, 4) is 17.0 Å². The molecule has 15 heteroatoms. The highest BCUT2D eigenvalue weighted by molar-refractivity contribution is 5.94. The van der Waals surface area contributed by atoms with Crippen molar-refractivity contribution in [2.45, 2.75) is 90.7 Å². The van der Waals surface area contributed by atoms with Gasteiger partial charge in [0.05, 0.1) is 25.3 Å². The van der Waals surface area contributed by atoms with Crippen LogP contribution in [0.15, 0.2) is 85.1 Å². The maximum absolute atomic E-state index is 13.8. The van der Waals surface area contributed by atoms with E-state index in [1.807, 2.05) is 145 Å². The summed E-state index contributed by atoms with van der Waals surface area (Å²) in [6, 6.07) is 21.2. The van der Waals surface area contributed by atoms with Crippen molar-refractivity contribution in [1.29, 1.82) is 0 Å². The Morgan fingerprint density at radius 2 is 1.35 bits per heavy atom. The molecule has 1 fully saturated rings. The molecule has 5 amide bonds. The summed E-state index contributed by atoms with van der Waals surface area (Å²) in [7, 11) is 0. The van der Waals surface area contributed by atoms with Crippen LogP contribution in [0.2, 0.25) is 0 Å². The summed E-state index contributed by atoms with van der Waals surface area (Å²) in [4.78, 5) is 65.8. The monoisotopic (exact) mass is 844 g/mol. The van der Waals surface area contributed by atoms with Crippen LogP contribution in [0.4, 0.5) is 0 Å². The van der Waals surface area contributed by atoms with Crippen molar-refractivity contribution in [3.63, 3.8) is 0 Å². The Bertz CT molecular complexity index is 2070. The van der Waals surface area contributed by atoms with Gasteiger partial charge in [0.1, 0.15) is 29.1 Å². The van der Waals surface area contributed by atoms with E-state index in [0.717, 1.165) is 33.9 Å². The number of benzene rings is 3.